The summed E-state index contributed by atoms with van der Waals surface area (Å²) < 4.78 is 10.6. The second-order valence-electron chi connectivity index (χ2n) is 6.72. The third-order valence-corrected chi connectivity index (χ3v) is 4.38. The van der Waals surface area contributed by atoms with E-state index in [0.29, 0.717) is 34.6 Å². The van der Waals surface area contributed by atoms with E-state index in [1.165, 1.54) is 18.0 Å². The van der Waals surface area contributed by atoms with Gasteiger partial charge in [0.2, 0.25) is 12.7 Å². The van der Waals surface area contributed by atoms with E-state index in [0.717, 1.165) is 5.69 Å². The van der Waals surface area contributed by atoms with Crippen molar-refractivity contribution in [2.45, 2.75) is 19.8 Å². The molecule has 0 unspecified atom stereocenters. The molecule has 7 nitrogen and oxygen atoms in total. The molecule has 2 N–H and O–H groups in total. The summed E-state index contributed by atoms with van der Waals surface area (Å²) in [5.74, 6) is 1.88. The summed E-state index contributed by atoms with van der Waals surface area (Å²) in [6.45, 7) is 4.49. The molecule has 2 aromatic carbocycles. The normalized spacial score (nSPS) is 12.1. The second-order valence-corrected chi connectivity index (χ2v) is 6.72. The van der Waals surface area contributed by atoms with Crippen LogP contribution in [0.5, 0.6) is 11.5 Å². The highest BCUT2D eigenvalue weighted by atomic mass is 16.7. The number of hydrogen-bond acceptors (Lipinski definition) is 6. The number of amides is 1. The van der Waals surface area contributed by atoms with Gasteiger partial charge in [-0.25, -0.2) is 9.97 Å². The highest BCUT2D eigenvalue weighted by molar-refractivity contribution is 6.04. The maximum Gasteiger partial charge on any atom is 0.258 e. The lowest BCUT2D eigenvalue weighted by Crippen LogP contribution is -2.13. The van der Waals surface area contributed by atoms with Crippen molar-refractivity contribution >= 4 is 23.2 Å². The zero-order valence-corrected chi connectivity index (χ0v) is 15.6. The fourth-order valence-electron chi connectivity index (χ4n) is 2.77. The van der Waals surface area contributed by atoms with Crippen molar-refractivity contribution in [2.24, 2.45) is 0 Å². The standard InChI is InChI=1S/C21H20N4O3/c1-13(2)14-3-5-16(6-4-14)25-21-22-10-15(11-23-21)20(26)24-17-7-8-18-19(9-17)28-12-27-18/h3-11,13H,12H2,1-2H3,(H,24,26)(H,22,23,25). The van der Waals surface area contributed by atoms with Crippen LogP contribution in [-0.4, -0.2) is 22.7 Å². The topological polar surface area (TPSA) is 85.4 Å². The molecular weight excluding hydrogens is 356 g/mol. The Morgan fingerprint density at radius 1 is 0.964 bits per heavy atom. The Bertz CT molecular complexity index is 986. The Morgan fingerprint density at radius 2 is 1.64 bits per heavy atom. The van der Waals surface area contributed by atoms with Gasteiger partial charge in [0, 0.05) is 29.8 Å². The van der Waals surface area contributed by atoms with Gasteiger partial charge in [-0.1, -0.05) is 26.0 Å². The highest BCUT2D eigenvalue weighted by Gasteiger charge is 2.15. The van der Waals surface area contributed by atoms with Crippen molar-refractivity contribution in [3.05, 3.63) is 66.0 Å². The molecular formula is C21H20N4O3. The van der Waals surface area contributed by atoms with E-state index in [9.17, 15) is 4.79 Å². The van der Waals surface area contributed by atoms with E-state index in [-0.39, 0.29) is 12.7 Å². The SMILES string of the molecule is CC(C)c1ccc(Nc2ncc(C(=O)Nc3ccc4c(c3)OCO4)cn2)cc1. The first kappa shape index (κ1) is 17.8. The van der Waals surface area contributed by atoms with Crippen LogP contribution in [0.15, 0.2) is 54.9 Å². The van der Waals surface area contributed by atoms with Gasteiger partial charge >= 0.3 is 0 Å². The van der Waals surface area contributed by atoms with Crippen LogP contribution in [-0.2, 0) is 0 Å². The average molecular weight is 376 g/mol. The number of benzene rings is 2. The Kier molecular flexibility index (Phi) is 4.80. The molecule has 0 atom stereocenters. The van der Waals surface area contributed by atoms with Crippen molar-refractivity contribution < 1.29 is 14.3 Å². The first-order valence-corrected chi connectivity index (χ1v) is 8.98. The summed E-state index contributed by atoms with van der Waals surface area (Å²) >= 11 is 0. The first-order chi connectivity index (χ1) is 13.6. The fraction of sp³-hybridized carbons (Fsp3) is 0.190. The molecule has 0 radical (unpaired) electrons. The maximum absolute atomic E-state index is 12.4. The van der Waals surface area contributed by atoms with Crippen molar-refractivity contribution in [1.82, 2.24) is 9.97 Å². The molecule has 0 aliphatic carbocycles. The summed E-state index contributed by atoms with van der Waals surface area (Å²) in [5.41, 5.74) is 3.13. The molecule has 0 spiro atoms. The number of carbonyl (C=O) groups is 1. The van der Waals surface area contributed by atoms with Crippen LogP contribution in [0.3, 0.4) is 0 Å². The number of aromatic nitrogens is 2. The van der Waals surface area contributed by atoms with Crippen LogP contribution in [0.25, 0.3) is 0 Å². The molecule has 1 amide bonds. The predicted molar refractivity (Wildman–Crippen MR) is 106 cm³/mol. The molecule has 7 heteroatoms. The second kappa shape index (κ2) is 7.56. The Hall–Kier alpha value is -3.61. The van der Waals surface area contributed by atoms with Gasteiger partial charge in [-0.2, -0.15) is 0 Å². The maximum atomic E-state index is 12.4. The number of hydrogen-bond donors (Lipinski definition) is 2. The Morgan fingerprint density at radius 3 is 2.36 bits per heavy atom. The number of rotatable bonds is 5. The molecule has 0 saturated heterocycles. The largest absolute Gasteiger partial charge is 0.454 e. The van der Waals surface area contributed by atoms with Crippen LogP contribution in [0.2, 0.25) is 0 Å². The lowest BCUT2D eigenvalue weighted by molar-refractivity contribution is 0.102. The van der Waals surface area contributed by atoms with Gasteiger partial charge in [0.05, 0.1) is 5.56 Å². The molecule has 3 aromatic rings. The molecule has 0 bridgehead atoms. The van der Waals surface area contributed by atoms with E-state index >= 15 is 0 Å². The van der Waals surface area contributed by atoms with E-state index < -0.39 is 0 Å². The molecule has 0 saturated carbocycles. The minimum absolute atomic E-state index is 0.190. The Balaban J connectivity index is 1.40. The van der Waals surface area contributed by atoms with Crippen molar-refractivity contribution in [3.8, 4) is 11.5 Å². The van der Waals surface area contributed by atoms with Crippen LogP contribution in [0.1, 0.15) is 35.7 Å². The van der Waals surface area contributed by atoms with E-state index in [2.05, 4.69) is 46.6 Å². The third-order valence-electron chi connectivity index (χ3n) is 4.38. The Labute approximate surface area is 162 Å². The number of carbonyl (C=O) groups excluding carboxylic acids is 1. The van der Waals surface area contributed by atoms with Gasteiger partial charge in [0.15, 0.2) is 11.5 Å². The smallest absolute Gasteiger partial charge is 0.258 e. The average Bonchev–Trinajstić information content (AvgIpc) is 3.17. The summed E-state index contributed by atoms with van der Waals surface area (Å²) in [6.07, 6.45) is 2.97. The van der Waals surface area contributed by atoms with Crippen LogP contribution < -0.4 is 20.1 Å². The molecule has 1 aliphatic heterocycles. The molecule has 0 fully saturated rings. The number of nitrogens with zero attached hydrogens (tertiary/aromatic N) is 2. The highest BCUT2D eigenvalue weighted by Crippen LogP contribution is 2.34. The molecule has 1 aliphatic rings. The molecule has 28 heavy (non-hydrogen) atoms. The number of fused-ring (bicyclic) bond motifs is 1. The zero-order chi connectivity index (χ0) is 19.5. The van der Waals surface area contributed by atoms with Gasteiger partial charge in [-0.3, -0.25) is 4.79 Å². The first-order valence-electron chi connectivity index (χ1n) is 8.98. The van der Waals surface area contributed by atoms with Crippen LogP contribution in [0.4, 0.5) is 17.3 Å². The number of nitrogens with one attached hydrogen (secondary N) is 2. The fourth-order valence-corrected chi connectivity index (χ4v) is 2.77. The minimum atomic E-state index is -0.299. The number of ether oxygens (including phenoxy) is 2. The third kappa shape index (κ3) is 3.88. The summed E-state index contributed by atoms with van der Waals surface area (Å²) in [4.78, 5) is 20.9. The lowest BCUT2D eigenvalue weighted by atomic mass is 10.0. The van der Waals surface area contributed by atoms with Gasteiger partial charge in [-0.15, -0.1) is 0 Å². The van der Waals surface area contributed by atoms with Crippen molar-refractivity contribution in [3.63, 3.8) is 0 Å². The van der Waals surface area contributed by atoms with Crippen LogP contribution >= 0.6 is 0 Å². The number of anilines is 3. The van der Waals surface area contributed by atoms with Gasteiger partial charge in [0.1, 0.15) is 0 Å². The minimum Gasteiger partial charge on any atom is -0.454 e. The summed E-state index contributed by atoms with van der Waals surface area (Å²) in [6, 6.07) is 13.3. The van der Waals surface area contributed by atoms with Crippen molar-refractivity contribution in [1.29, 1.82) is 0 Å². The monoisotopic (exact) mass is 376 g/mol. The van der Waals surface area contributed by atoms with E-state index in [1.807, 2.05) is 12.1 Å². The van der Waals surface area contributed by atoms with Crippen molar-refractivity contribution in [2.75, 3.05) is 17.4 Å². The summed E-state index contributed by atoms with van der Waals surface area (Å²) in [5, 5.41) is 5.93. The molecule has 4 rings (SSSR count). The predicted octanol–water partition coefficient (Wildman–Crippen LogP) is 4.32. The summed E-state index contributed by atoms with van der Waals surface area (Å²) in [7, 11) is 0. The van der Waals surface area contributed by atoms with E-state index in [1.54, 1.807) is 18.2 Å². The van der Waals surface area contributed by atoms with Gasteiger partial charge in [0.25, 0.3) is 5.91 Å². The lowest BCUT2D eigenvalue weighted by Gasteiger charge is -2.09. The molecule has 142 valence electrons. The van der Waals surface area contributed by atoms with E-state index in [4.69, 9.17) is 9.47 Å². The quantitative estimate of drug-likeness (QED) is 0.690. The molecule has 2 heterocycles. The van der Waals surface area contributed by atoms with Gasteiger partial charge < -0.3 is 20.1 Å². The van der Waals surface area contributed by atoms with Crippen LogP contribution in [0, 0.1) is 0 Å². The van der Waals surface area contributed by atoms with Gasteiger partial charge in [-0.05, 0) is 35.7 Å². The molecule has 1 aromatic heterocycles. The zero-order valence-electron chi connectivity index (χ0n) is 15.6.